The topological polar surface area (TPSA) is 47.1 Å². The Bertz CT molecular complexity index is 443. The van der Waals surface area contributed by atoms with Gasteiger partial charge in [-0.1, -0.05) is 31.9 Å². The number of nitrogens with two attached hydrogens (primary N) is 1. The van der Waals surface area contributed by atoms with Crippen LogP contribution in [0.5, 0.6) is 0 Å². The molecule has 2 rings (SSSR count). The van der Waals surface area contributed by atoms with E-state index in [9.17, 15) is 0 Å². The fourth-order valence-corrected chi connectivity index (χ4v) is 3.54. The number of hydrogen-bond acceptors (Lipinski definition) is 3. The van der Waals surface area contributed by atoms with E-state index in [0.29, 0.717) is 6.04 Å². The summed E-state index contributed by atoms with van der Waals surface area (Å²) < 4.78 is 1.93. The molecule has 2 N–H and O–H groups in total. The number of aromatic nitrogens is 2. The number of piperidine rings is 1. The highest BCUT2D eigenvalue weighted by Gasteiger charge is 2.28. The minimum atomic E-state index is 0.477. The van der Waals surface area contributed by atoms with Crippen molar-refractivity contribution in [2.24, 2.45) is 18.7 Å². The van der Waals surface area contributed by atoms with E-state index in [1.54, 1.807) is 0 Å². The van der Waals surface area contributed by atoms with E-state index in [-0.39, 0.29) is 0 Å². The Labute approximate surface area is 127 Å². The second-order valence-corrected chi connectivity index (χ2v) is 6.22. The van der Waals surface area contributed by atoms with Crippen molar-refractivity contribution < 1.29 is 0 Å². The van der Waals surface area contributed by atoms with Crippen molar-refractivity contribution >= 4 is 11.6 Å². The van der Waals surface area contributed by atoms with E-state index >= 15 is 0 Å². The monoisotopic (exact) mass is 298 g/mol. The summed E-state index contributed by atoms with van der Waals surface area (Å²) in [6.45, 7) is 7.07. The minimum absolute atomic E-state index is 0.477. The third kappa shape index (κ3) is 3.18. The zero-order chi connectivity index (χ0) is 14.7. The summed E-state index contributed by atoms with van der Waals surface area (Å²) in [5, 5.41) is 5.34. The van der Waals surface area contributed by atoms with Crippen molar-refractivity contribution in [2.45, 2.75) is 52.1 Å². The SMILES string of the molecule is CCc1nn(C)c(CN2CCC(CC)CC2CN)c1Cl. The van der Waals surface area contributed by atoms with Crippen LogP contribution in [-0.4, -0.2) is 33.8 Å². The van der Waals surface area contributed by atoms with Gasteiger partial charge in [0.25, 0.3) is 0 Å². The maximum Gasteiger partial charge on any atom is 0.0863 e. The Morgan fingerprint density at radius 1 is 1.40 bits per heavy atom. The molecule has 1 saturated heterocycles. The lowest BCUT2D eigenvalue weighted by molar-refractivity contribution is 0.105. The molecule has 0 spiro atoms. The number of likely N-dealkylation sites (tertiary alicyclic amines) is 1. The first kappa shape index (κ1) is 15.8. The highest BCUT2D eigenvalue weighted by Crippen LogP contribution is 2.28. The van der Waals surface area contributed by atoms with E-state index in [2.05, 4.69) is 23.8 Å². The molecule has 1 aromatic rings. The lowest BCUT2D eigenvalue weighted by atomic mass is 9.89. The summed E-state index contributed by atoms with van der Waals surface area (Å²) in [6.07, 6.45) is 4.62. The Hall–Kier alpha value is -0.580. The zero-order valence-electron chi connectivity index (χ0n) is 12.9. The first-order chi connectivity index (χ1) is 9.60. The Morgan fingerprint density at radius 2 is 2.15 bits per heavy atom. The number of rotatable bonds is 5. The summed E-state index contributed by atoms with van der Waals surface area (Å²) in [6, 6.07) is 0.477. The smallest absolute Gasteiger partial charge is 0.0863 e. The molecule has 1 aromatic heterocycles. The molecule has 5 heteroatoms. The first-order valence-corrected chi connectivity index (χ1v) is 8.12. The Balaban J connectivity index is 2.11. The molecule has 2 unspecified atom stereocenters. The van der Waals surface area contributed by atoms with Crippen LogP contribution >= 0.6 is 11.6 Å². The van der Waals surface area contributed by atoms with Gasteiger partial charge in [-0.15, -0.1) is 0 Å². The fraction of sp³-hybridized carbons (Fsp3) is 0.800. The van der Waals surface area contributed by atoms with Crippen LogP contribution in [0.3, 0.4) is 0 Å². The van der Waals surface area contributed by atoms with E-state index in [1.807, 2.05) is 11.7 Å². The standard InChI is InChI=1S/C15H27ClN4/c1-4-11-6-7-20(12(8-11)9-17)10-14-15(16)13(5-2)18-19(14)3/h11-12H,4-10,17H2,1-3H3. The predicted octanol–water partition coefficient (Wildman–Crippen LogP) is 2.59. The van der Waals surface area contributed by atoms with Crippen molar-refractivity contribution in [3.8, 4) is 0 Å². The molecule has 1 aliphatic rings. The van der Waals surface area contributed by atoms with Gasteiger partial charge in [0.15, 0.2) is 0 Å². The third-order valence-corrected chi connectivity index (χ3v) is 5.09. The van der Waals surface area contributed by atoms with E-state index in [0.717, 1.165) is 48.4 Å². The molecule has 2 heterocycles. The number of halogens is 1. The molecular weight excluding hydrogens is 272 g/mol. The van der Waals surface area contributed by atoms with Crippen molar-refractivity contribution in [1.82, 2.24) is 14.7 Å². The fourth-order valence-electron chi connectivity index (χ4n) is 3.19. The van der Waals surface area contributed by atoms with Gasteiger partial charge >= 0.3 is 0 Å². The summed E-state index contributed by atoms with van der Waals surface area (Å²) in [5.74, 6) is 0.827. The highest BCUT2D eigenvalue weighted by atomic mass is 35.5. The van der Waals surface area contributed by atoms with Gasteiger partial charge in [-0.25, -0.2) is 0 Å². The summed E-state index contributed by atoms with van der Waals surface area (Å²) in [7, 11) is 1.98. The van der Waals surface area contributed by atoms with Crippen LogP contribution in [0.4, 0.5) is 0 Å². The molecule has 0 aliphatic carbocycles. The second-order valence-electron chi connectivity index (χ2n) is 5.84. The molecule has 20 heavy (non-hydrogen) atoms. The van der Waals surface area contributed by atoms with Crippen LogP contribution in [-0.2, 0) is 20.0 Å². The lowest BCUT2D eigenvalue weighted by Crippen LogP contribution is -2.46. The van der Waals surface area contributed by atoms with Crippen LogP contribution in [0.15, 0.2) is 0 Å². The first-order valence-electron chi connectivity index (χ1n) is 7.74. The van der Waals surface area contributed by atoms with Crippen molar-refractivity contribution in [2.75, 3.05) is 13.1 Å². The van der Waals surface area contributed by atoms with Gasteiger partial charge in [0, 0.05) is 26.2 Å². The quantitative estimate of drug-likeness (QED) is 0.909. The second kappa shape index (κ2) is 6.92. The lowest BCUT2D eigenvalue weighted by Gasteiger charge is -2.38. The number of nitrogens with zero attached hydrogens (tertiary/aromatic N) is 3. The molecule has 1 aliphatic heterocycles. The van der Waals surface area contributed by atoms with Crippen molar-refractivity contribution in [1.29, 1.82) is 0 Å². The van der Waals surface area contributed by atoms with E-state index < -0.39 is 0 Å². The Kier molecular flexibility index (Phi) is 5.47. The molecule has 0 amide bonds. The molecule has 0 saturated carbocycles. The summed E-state index contributed by atoms with van der Waals surface area (Å²) in [4.78, 5) is 2.48. The maximum atomic E-state index is 6.45. The molecular formula is C15H27ClN4. The van der Waals surface area contributed by atoms with Crippen molar-refractivity contribution in [3.63, 3.8) is 0 Å². The largest absolute Gasteiger partial charge is 0.329 e. The van der Waals surface area contributed by atoms with Gasteiger partial charge in [-0.05, 0) is 31.7 Å². The molecule has 0 radical (unpaired) electrons. The van der Waals surface area contributed by atoms with Gasteiger partial charge in [-0.3, -0.25) is 9.58 Å². The van der Waals surface area contributed by atoms with E-state index in [1.165, 1.54) is 19.3 Å². The number of aryl methyl sites for hydroxylation is 2. The normalized spacial score (nSPS) is 24.2. The van der Waals surface area contributed by atoms with Gasteiger partial charge in [0.2, 0.25) is 0 Å². The summed E-state index contributed by atoms with van der Waals surface area (Å²) in [5.41, 5.74) is 8.09. The number of hydrogen-bond donors (Lipinski definition) is 1. The van der Waals surface area contributed by atoms with Gasteiger partial charge in [0.05, 0.1) is 16.4 Å². The average molecular weight is 299 g/mol. The van der Waals surface area contributed by atoms with Crippen LogP contribution < -0.4 is 5.73 Å². The summed E-state index contributed by atoms with van der Waals surface area (Å²) >= 11 is 6.45. The molecule has 0 aromatic carbocycles. The highest BCUT2D eigenvalue weighted by molar-refractivity contribution is 6.31. The minimum Gasteiger partial charge on any atom is -0.329 e. The predicted molar refractivity (Wildman–Crippen MR) is 83.9 cm³/mol. The van der Waals surface area contributed by atoms with Crippen LogP contribution in [0.25, 0.3) is 0 Å². The third-order valence-electron chi connectivity index (χ3n) is 4.65. The molecule has 1 fully saturated rings. The van der Waals surface area contributed by atoms with Gasteiger partial charge in [0.1, 0.15) is 0 Å². The van der Waals surface area contributed by atoms with Gasteiger partial charge in [-0.2, -0.15) is 5.10 Å². The van der Waals surface area contributed by atoms with Crippen LogP contribution in [0.1, 0.15) is 44.5 Å². The van der Waals surface area contributed by atoms with E-state index in [4.69, 9.17) is 17.3 Å². The average Bonchev–Trinajstić information content (AvgIpc) is 2.74. The van der Waals surface area contributed by atoms with Crippen molar-refractivity contribution in [3.05, 3.63) is 16.4 Å². The molecule has 2 atom stereocenters. The molecule has 4 nitrogen and oxygen atoms in total. The zero-order valence-corrected chi connectivity index (χ0v) is 13.7. The Morgan fingerprint density at radius 3 is 2.70 bits per heavy atom. The van der Waals surface area contributed by atoms with Crippen LogP contribution in [0, 0.1) is 5.92 Å². The maximum absolute atomic E-state index is 6.45. The molecule has 0 bridgehead atoms. The van der Waals surface area contributed by atoms with Gasteiger partial charge < -0.3 is 5.73 Å². The van der Waals surface area contributed by atoms with Crippen LogP contribution in [0.2, 0.25) is 5.02 Å². The molecule has 114 valence electrons.